The van der Waals surface area contributed by atoms with Gasteiger partial charge in [-0.3, -0.25) is 9.40 Å². The maximum absolute atomic E-state index is 12.3. The van der Waals surface area contributed by atoms with Gasteiger partial charge in [-0.05, 0) is 27.7 Å². The molecule has 2 heterocycles. The standard InChI is InChI=1S/C11H15ClN4O2S2/c1-6(2)16-8(4)10(7(3)14-16)15-20(17,18)9-5-13-11(12)19-9/h5-6,15H,1-4H3. The van der Waals surface area contributed by atoms with Gasteiger partial charge >= 0.3 is 0 Å². The molecule has 2 rings (SSSR count). The number of aromatic nitrogens is 3. The van der Waals surface area contributed by atoms with Gasteiger partial charge in [0.2, 0.25) is 0 Å². The van der Waals surface area contributed by atoms with Crippen molar-refractivity contribution in [2.24, 2.45) is 0 Å². The molecule has 2 aromatic rings. The van der Waals surface area contributed by atoms with Crippen molar-refractivity contribution in [2.75, 3.05) is 4.72 Å². The van der Waals surface area contributed by atoms with Crippen LogP contribution in [0.15, 0.2) is 10.4 Å². The summed E-state index contributed by atoms with van der Waals surface area (Å²) in [7, 11) is -3.68. The minimum absolute atomic E-state index is 0.0820. The van der Waals surface area contributed by atoms with Gasteiger partial charge in [-0.25, -0.2) is 13.4 Å². The van der Waals surface area contributed by atoms with E-state index in [4.69, 9.17) is 11.6 Å². The zero-order chi connectivity index (χ0) is 15.1. The number of halogens is 1. The van der Waals surface area contributed by atoms with Gasteiger partial charge in [0.1, 0.15) is 0 Å². The molecule has 0 saturated heterocycles. The molecule has 6 nitrogen and oxygen atoms in total. The van der Waals surface area contributed by atoms with Crippen LogP contribution in [0.4, 0.5) is 5.69 Å². The Balaban J connectivity index is 2.40. The zero-order valence-electron chi connectivity index (χ0n) is 11.5. The minimum atomic E-state index is -3.68. The number of aryl methyl sites for hydroxylation is 1. The second kappa shape index (κ2) is 5.34. The average Bonchev–Trinajstić information content (AvgIpc) is 2.88. The summed E-state index contributed by atoms with van der Waals surface area (Å²) in [5.74, 6) is 0. The first kappa shape index (κ1) is 15.3. The summed E-state index contributed by atoms with van der Waals surface area (Å²) in [5, 5.41) is 4.34. The third-order valence-electron chi connectivity index (χ3n) is 2.77. The second-order valence-electron chi connectivity index (χ2n) is 4.62. The Labute approximate surface area is 126 Å². The molecular formula is C11H15ClN4O2S2. The highest BCUT2D eigenvalue weighted by molar-refractivity contribution is 7.94. The molecule has 0 aliphatic carbocycles. The van der Waals surface area contributed by atoms with Crippen molar-refractivity contribution >= 4 is 38.6 Å². The van der Waals surface area contributed by atoms with E-state index < -0.39 is 10.0 Å². The predicted molar refractivity (Wildman–Crippen MR) is 80.0 cm³/mol. The van der Waals surface area contributed by atoms with Crippen LogP contribution in [0.1, 0.15) is 31.3 Å². The van der Waals surface area contributed by atoms with Crippen LogP contribution in [-0.2, 0) is 10.0 Å². The van der Waals surface area contributed by atoms with Gasteiger partial charge in [-0.15, -0.1) is 0 Å². The Morgan fingerprint density at radius 3 is 2.50 bits per heavy atom. The van der Waals surface area contributed by atoms with Crippen LogP contribution in [0.25, 0.3) is 0 Å². The Kier molecular flexibility index (Phi) is 4.08. The smallest absolute Gasteiger partial charge is 0.273 e. The normalized spacial score (nSPS) is 12.1. The van der Waals surface area contributed by atoms with Crippen LogP contribution in [0, 0.1) is 13.8 Å². The van der Waals surface area contributed by atoms with E-state index in [0.717, 1.165) is 17.0 Å². The topological polar surface area (TPSA) is 76.9 Å². The van der Waals surface area contributed by atoms with Crippen LogP contribution >= 0.6 is 22.9 Å². The van der Waals surface area contributed by atoms with Gasteiger partial charge in [0.05, 0.1) is 23.3 Å². The molecule has 0 spiro atoms. The summed E-state index contributed by atoms with van der Waals surface area (Å²) >= 11 is 6.59. The highest BCUT2D eigenvalue weighted by Gasteiger charge is 2.22. The minimum Gasteiger partial charge on any atom is -0.275 e. The summed E-state index contributed by atoms with van der Waals surface area (Å²) in [6, 6.07) is 0.157. The highest BCUT2D eigenvalue weighted by Crippen LogP contribution is 2.28. The highest BCUT2D eigenvalue weighted by atomic mass is 35.5. The Morgan fingerprint density at radius 2 is 2.05 bits per heavy atom. The molecule has 0 aliphatic rings. The molecule has 0 amide bonds. The Morgan fingerprint density at radius 1 is 1.40 bits per heavy atom. The first-order valence-corrected chi connectivity index (χ1v) is 8.60. The van der Waals surface area contributed by atoms with Crippen LogP contribution < -0.4 is 4.72 Å². The van der Waals surface area contributed by atoms with Crippen molar-refractivity contribution in [2.45, 2.75) is 37.9 Å². The van der Waals surface area contributed by atoms with Gasteiger partial charge in [-0.1, -0.05) is 22.9 Å². The van der Waals surface area contributed by atoms with Gasteiger partial charge in [-0.2, -0.15) is 5.10 Å². The zero-order valence-corrected chi connectivity index (χ0v) is 13.9. The lowest BCUT2D eigenvalue weighted by atomic mass is 10.3. The Bertz CT molecular complexity index is 734. The quantitative estimate of drug-likeness (QED) is 0.932. The number of anilines is 1. The van der Waals surface area contributed by atoms with E-state index in [-0.39, 0.29) is 14.7 Å². The SMILES string of the molecule is Cc1nn(C(C)C)c(C)c1NS(=O)(=O)c1cnc(Cl)s1. The van der Waals surface area contributed by atoms with Crippen molar-refractivity contribution in [1.29, 1.82) is 0 Å². The third kappa shape index (κ3) is 2.82. The molecule has 0 fully saturated rings. The molecule has 0 unspecified atom stereocenters. The number of nitrogens with zero attached hydrogens (tertiary/aromatic N) is 3. The van der Waals surface area contributed by atoms with Gasteiger partial charge in [0.25, 0.3) is 10.0 Å². The fraction of sp³-hybridized carbons (Fsp3) is 0.455. The number of sulfonamides is 1. The summed E-state index contributed by atoms with van der Waals surface area (Å²) in [4.78, 5) is 3.75. The fourth-order valence-electron chi connectivity index (χ4n) is 1.86. The molecule has 1 N–H and O–H groups in total. The lowest BCUT2D eigenvalue weighted by Crippen LogP contribution is -2.13. The number of hydrogen-bond donors (Lipinski definition) is 1. The van der Waals surface area contributed by atoms with E-state index >= 15 is 0 Å². The number of nitrogens with one attached hydrogen (secondary N) is 1. The van der Waals surface area contributed by atoms with Crippen LogP contribution in [-0.4, -0.2) is 23.2 Å². The van der Waals surface area contributed by atoms with Crippen molar-refractivity contribution < 1.29 is 8.42 Å². The molecule has 0 radical (unpaired) electrons. The van der Waals surface area contributed by atoms with Gasteiger partial charge in [0.15, 0.2) is 8.68 Å². The molecule has 110 valence electrons. The van der Waals surface area contributed by atoms with Gasteiger partial charge < -0.3 is 0 Å². The number of hydrogen-bond acceptors (Lipinski definition) is 5. The van der Waals surface area contributed by atoms with Crippen molar-refractivity contribution in [1.82, 2.24) is 14.8 Å². The van der Waals surface area contributed by atoms with Gasteiger partial charge in [0, 0.05) is 6.04 Å². The first-order valence-electron chi connectivity index (χ1n) is 5.92. The summed E-state index contributed by atoms with van der Waals surface area (Å²) < 4.78 is 29.1. The first-order chi connectivity index (χ1) is 9.22. The van der Waals surface area contributed by atoms with Crippen molar-refractivity contribution in [3.63, 3.8) is 0 Å². The maximum atomic E-state index is 12.3. The van der Waals surface area contributed by atoms with E-state index in [1.54, 1.807) is 11.6 Å². The molecule has 0 saturated carbocycles. The van der Waals surface area contributed by atoms with E-state index in [0.29, 0.717) is 11.4 Å². The molecule has 0 aromatic carbocycles. The lowest BCUT2D eigenvalue weighted by molar-refractivity contribution is 0.516. The molecule has 0 aliphatic heterocycles. The van der Waals surface area contributed by atoms with E-state index in [9.17, 15) is 8.42 Å². The van der Waals surface area contributed by atoms with E-state index in [2.05, 4.69) is 14.8 Å². The summed E-state index contributed by atoms with van der Waals surface area (Å²) in [6.07, 6.45) is 1.24. The molecule has 9 heteroatoms. The van der Waals surface area contributed by atoms with Crippen molar-refractivity contribution in [3.05, 3.63) is 22.1 Å². The second-order valence-corrected chi connectivity index (χ2v) is 8.14. The van der Waals surface area contributed by atoms with E-state index in [1.165, 1.54) is 6.20 Å². The van der Waals surface area contributed by atoms with Crippen LogP contribution in [0.3, 0.4) is 0 Å². The fourth-order valence-corrected chi connectivity index (χ4v) is 4.33. The monoisotopic (exact) mass is 334 g/mol. The largest absolute Gasteiger partial charge is 0.275 e. The predicted octanol–water partition coefficient (Wildman–Crippen LogP) is 2.99. The average molecular weight is 335 g/mol. The molecular weight excluding hydrogens is 320 g/mol. The summed E-state index contributed by atoms with van der Waals surface area (Å²) in [5.41, 5.74) is 1.91. The lowest BCUT2D eigenvalue weighted by Gasteiger charge is -2.09. The van der Waals surface area contributed by atoms with Crippen LogP contribution in [0.5, 0.6) is 0 Å². The molecule has 0 atom stereocenters. The summed E-state index contributed by atoms with van der Waals surface area (Å²) in [6.45, 7) is 7.57. The molecule has 2 aromatic heterocycles. The van der Waals surface area contributed by atoms with Crippen molar-refractivity contribution in [3.8, 4) is 0 Å². The molecule has 0 bridgehead atoms. The third-order valence-corrected chi connectivity index (χ3v) is 5.70. The number of thiazole rings is 1. The number of rotatable bonds is 4. The van der Waals surface area contributed by atoms with Crippen LogP contribution in [0.2, 0.25) is 4.47 Å². The maximum Gasteiger partial charge on any atom is 0.273 e. The van der Waals surface area contributed by atoms with E-state index in [1.807, 2.05) is 20.8 Å². The molecule has 20 heavy (non-hydrogen) atoms. The Hall–Kier alpha value is -1.12.